The number of unbranched alkanes of at least 4 members (excludes halogenated alkanes) is 1. The molecule has 0 radical (unpaired) electrons. The van der Waals surface area contributed by atoms with Gasteiger partial charge in [0.1, 0.15) is 33.8 Å². The number of anilines is 5. The number of carboxylic acids is 1. The van der Waals surface area contributed by atoms with Gasteiger partial charge in [-0.05, 0) is 167 Å². The van der Waals surface area contributed by atoms with Crippen molar-refractivity contribution in [2.45, 2.75) is 111 Å². The van der Waals surface area contributed by atoms with Crippen molar-refractivity contribution >= 4 is 86.0 Å². The van der Waals surface area contributed by atoms with Crippen molar-refractivity contribution in [1.29, 1.82) is 0 Å². The number of carboxylic acid groups (broad SMARTS) is 1. The molecule has 1 saturated heterocycles. The van der Waals surface area contributed by atoms with E-state index in [0.29, 0.717) is 75.6 Å². The third kappa shape index (κ3) is 13.1. The van der Waals surface area contributed by atoms with Gasteiger partial charge in [-0.15, -0.1) is 0 Å². The zero-order chi connectivity index (χ0) is 62.7. The Morgan fingerprint density at radius 1 is 0.889 bits per heavy atom. The molecule has 1 unspecified atom stereocenters. The van der Waals surface area contributed by atoms with E-state index in [-0.39, 0.29) is 55.2 Å². The molecular weight excluding hydrogens is 1180 g/mol. The van der Waals surface area contributed by atoms with Crippen LogP contribution in [0.15, 0.2) is 89.1 Å². The Kier molecular flexibility index (Phi) is 18.2. The number of carbonyl (C=O) groups excluding carboxylic acids is 3. The SMILES string of the molecule is CCCCc1cc2c(c3c1=NC(C)CC3)Oc1c(cc3c4c1CCCN4CCCC3)C=2c1cc(C(=O)NCCN(Cc2cc(C)cc(N=[N+]=[N-])c2)C(=O)CN2CCN(c3cc(Nc4ncc(C(=O)Nc5c(C)cccc5Cl)s4)nc(C)n3)CC2)ccc1C(=O)O. The number of benzene rings is 5. The molecule has 5 aliphatic heterocycles. The van der Waals surface area contributed by atoms with Gasteiger partial charge in [-0.3, -0.25) is 24.3 Å². The van der Waals surface area contributed by atoms with Crippen LogP contribution in [0.25, 0.3) is 16.0 Å². The van der Waals surface area contributed by atoms with Gasteiger partial charge in [0.05, 0.1) is 34.4 Å². The van der Waals surface area contributed by atoms with Gasteiger partial charge in [0.2, 0.25) is 5.91 Å². The van der Waals surface area contributed by atoms with Crippen LogP contribution in [0.4, 0.5) is 33.8 Å². The molecule has 90 heavy (non-hydrogen) atoms. The number of azide groups is 1. The van der Waals surface area contributed by atoms with Crippen molar-refractivity contribution in [3.05, 3.63) is 177 Å². The summed E-state index contributed by atoms with van der Waals surface area (Å²) in [6.07, 6.45) is 10.8. The molecule has 5 aliphatic rings. The molecule has 12 rings (SSSR count). The number of amides is 3. The van der Waals surface area contributed by atoms with Crippen LogP contribution in [0.2, 0.25) is 5.02 Å². The Hall–Kier alpha value is -8.88. The zero-order valence-corrected chi connectivity index (χ0v) is 53.0. The molecule has 1 fully saturated rings. The Morgan fingerprint density at radius 2 is 1.72 bits per heavy atom. The number of aromatic carboxylic acids is 1. The van der Waals surface area contributed by atoms with Crippen LogP contribution >= 0.6 is 22.9 Å². The predicted molar refractivity (Wildman–Crippen MR) is 351 cm³/mol. The highest BCUT2D eigenvalue weighted by Crippen LogP contribution is 2.49. The van der Waals surface area contributed by atoms with E-state index in [2.05, 4.69) is 76.6 Å². The summed E-state index contributed by atoms with van der Waals surface area (Å²) < 4.78 is 7.28. The van der Waals surface area contributed by atoms with Gasteiger partial charge in [0.15, 0.2) is 5.13 Å². The first-order valence-corrected chi connectivity index (χ1v) is 32.4. The third-order valence-electron chi connectivity index (χ3n) is 17.6. The molecule has 1 atom stereocenters. The third-order valence-corrected chi connectivity index (χ3v) is 18.8. The fourth-order valence-electron chi connectivity index (χ4n) is 13.2. The Bertz CT molecular complexity index is 4180. The molecule has 5 aromatic carbocycles. The highest BCUT2D eigenvalue weighted by molar-refractivity contribution is 7.17. The predicted octanol–water partition coefficient (Wildman–Crippen LogP) is 11.5. The number of fused-ring (bicyclic) bond motifs is 5. The molecule has 4 N–H and O–H groups in total. The van der Waals surface area contributed by atoms with Gasteiger partial charge in [0.25, 0.3) is 11.8 Å². The second-order valence-electron chi connectivity index (χ2n) is 24.1. The minimum absolute atomic E-state index is 0.0804. The molecule has 22 heteroatoms. The van der Waals surface area contributed by atoms with Crippen LogP contribution in [-0.2, 0) is 37.0 Å². The number of para-hydroxylation sites is 1. The maximum atomic E-state index is 14.7. The lowest BCUT2D eigenvalue weighted by atomic mass is 9.82. The fourth-order valence-corrected chi connectivity index (χ4v) is 14.2. The summed E-state index contributed by atoms with van der Waals surface area (Å²) >= 11 is 7.56. The van der Waals surface area contributed by atoms with Gasteiger partial charge >= 0.3 is 5.97 Å². The molecule has 20 nitrogen and oxygen atoms in total. The zero-order valence-electron chi connectivity index (χ0n) is 51.4. The van der Waals surface area contributed by atoms with Gasteiger partial charge in [-0.2, -0.15) is 0 Å². The number of nitrogens with one attached hydrogen (secondary N) is 3. The maximum absolute atomic E-state index is 14.7. The van der Waals surface area contributed by atoms with Crippen LogP contribution in [0.5, 0.6) is 11.5 Å². The van der Waals surface area contributed by atoms with Gasteiger partial charge in [0, 0.05) is 120 Å². The molecule has 0 aliphatic carbocycles. The summed E-state index contributed by atoms with van der Waals surface area (Å²) in [5.74, 6) is 1.25. The normalized spacial score (nSPS) is 15.8. The number of hydrogen-bond donors (Lipinski definition) is 4. The number of rotatable bonds is 19. The summed E-state index contributed by atoms with van der Waals surface area (Å²) in [6, 6.07) is 22.2. The van der Waals surface area contributed by atoms with Crippen LogP contribution in [0.1, 0.15) is 139 Å². The van der Waals surface area contributed by atoms with Crippen molar-refractivity contribution in [1.82, 2.24) is 30.1 Å². The standard InChI is InChI=1S/C68H73ClN14O6S/c1-6-7-13-44-32-52-59(53-33-45-14-8-9-22-82-23-11-15-50(62(45)82)64(53)89-63(52)49-19-17-41(4)73-61(44)49)51-34-46(18-20-48(51)67(87)88)65(85)71-21-24-83(37-43-29-39(2)30-47(31-43)78-79-70)58(84)38-80-25-27-81(28-26-80)57-35-56(74-42(5)75-57)76-68-72-36-55(90-68)66(86)77-60-40(3)12-10-16-54(60)69/h10,12,16,18,20,29-36,41H,6-9,11,13-15,17,19,21-28,37-38H2,1-5H3,(H,71,85)(H,77,86)(H,87,88)(H,72,74,75,76). The summed E-state index contributed by atoms with van der Waals surface area (Å²) in [6.45, 7) is 14.7. The van der Waals surface area contributed by atoms with Crippen LogP contribution in [0.3, 0.4) is 0 Å². The van der Waals surface area contributed by atoms with E-state index in [1.165, 1.54) is 28.8 Å². The highest BCUT2D eigenvalue weighted by Gasteiger charge is 2.35. The first-order valence-electron chi connectivity index (χ1n) is 31.2. The van der Waals surface area contributed by atoms with E-state index in [0.717, 1.165) is 144 Å². The number of piperazine rings is 1. The summed E-state index contributed by atoms with van der Waals surface area (Å²) in [5, 5.41) is 26.9. The number of carbonyl (C=O) groups is 4. The maximum Gasteiger partial charge on any atom is 0.336 e. The van der Waals surface area contributed by atoms with Gasteiger partial charge in [-0.1, -0.05) is 65.2 Å². The van der Waals surface area contributed by atoms with E-state index < -0.39 is 11.9 Å². The highest BCUT2D eigenvalue weighted by atomic mass is 35.5. The van der Waals surface area contributed by atoms with Crippen molar-refractivity contribution in [3.8, 4) is 11.5 Å². The average molecular weight is 1250 g/mol. The first-order chi connectivity index (χ1) is 43.6. The van der Waals surface area contributed by atoms with Gasteiger partial charge < -0.3 is 40.5 Å². The molecule has 7 heterocycles. The van der Waals surface area contributed by atoms with Crippen molar-refractivity contribution in [2.24, 2.45) is 10.1 Å². The minimum atomic E-state index is -1.10. The number of aromatic nitrogens is 3. The van der Waals surface area contributed by atoms with E-state index in [4.69, 9.17) is 26.3 Å². The number of aryl methyl sites for hydroxylation is 5. The lowest BCUT2D eigenvalue weighted by Gasteiger charge is -2.36. The molecule has 0 saturated carbocycles. The topological polar surface area (TPSA) is 247 Å². The first kappa shape index (κ1) is 61.4. The quantitative estimate of drug-likeness (QED) is 0.0335. The Morgan fingerprint density at radius 3 is 2.52 bits per heavy atom. The monoisotopic (exact) mass is 1250 g/mol. The smallest absolute Gasteiger partial charge is 0.336 e. The van der Waals surface area contributed by atoms with Crippen molar-refractivity contribution in [2.75, 3.05) is 79.3 Å². The number of halogens is 1. The molecule has 2 aromatic heterocycles. The lowest BCUT2D eigenvalue weighted by Crippen LogP contribution is -2.51. The molecule has 7 aromatic rings. The second kappa shape index (κ2) is 26.7. The van der Waals surface area contributed by atoms with E-state index >= 15 is 0 Å². The number of thiazole rings is 1. The average Bonchev–Trinajstić information content (AvgIpc) is 0.810. The fraction of sp³-hybridized carbons (Fsp3) is 0.382. The van der Waals surface area contributed by atoms with Crippen LogP contribution in [-0.4, -0.2) is 118 Å². The minimum Gasteiger partial charge on any atom is -0.478 e. The van der Waals surface area contributed by atoms with Crippen molar-refractivity contribution in [3.63, 3.8) is 0 Å². The van der Waals surface area contributed by atoms with Crippen LogP contribution < -0.4 is 41.1 Å². The summed E-state index contributed by atoms with van der Waals surface area (Å²) in [5.41, 5.74) is 21.0. The lowest BCUT2D eigenvalue weighted by molar-refractivity contribution is -0.133. The van der Waals surface area contributed by atoms with E-state index in [1.807, 2.05) is 45.0 Å². The Labute approximate surface area is 531 Å². The summed E-state index contributed by atoms with van der Waals surface area (Å²) in [7, 11) is 0. The Balaban J connectivity index is 0.785. The van der Waals surface area contributed by atoms with E-state index in [1.54, 1.807) is 41.3 Å². The number of hydrogen-bond acceptors (Lipinski definition) is 15. The molecule has 0 spiro atoms. The summed E-state index contributed by atoms with van der Waals surface area (Å²) in [4.78, 5) is 87.0. The number of nitrogens with zero attached hydrogens (tertiary/aromatic N) is 11. The van der Waals surface area contributed by atoms with Crippen LogP contribution in [0, 0.1) is 20.8 Å². The molecule has 3 amide bonds. The van der Waals surface area contributed by atoms with Crippen molar-refractivity contribution < 1.29 is 29.0 Å². The second-order valence-corrected chi connectivity index (χ2v) is 25.5. The van der Waals surface area contributed by atoms with E-state index in [9.17, 15) is 29.8 Å². The molecule has 0 bridgehead atoms. The largest absolute Gasteiger partial charge is 0.478 e. The molecule has 464 valence electrons. The number of ether oxygens (including phenoxy) is 1. The molecular formula is C68H73ClN14O6S. The van der Waals surface area contributed by atoms with Gasteiger partial charge in [-0.25, -0.2) is 19.7 Å².